The third kappa shape index (κ3) is 4.93. The van der Waals surface area contributed by atoms with E-state index in [1.54, 1.807) is 6.92 Å². The molecule has 0 fully saturated rings. The molecular weight excluding hydrogens is 268 g/mol. The van der Waals surface area contributed by atoms with E-state index in [9.17, 15) is 18.4 Å². The van der Waals surface area contributed by atoms with Gasteiger partial charge in [0.1, 0.15) is 11.6 Å². The van der Waals surface area contributed by atoms with Crippen LogP contribution in [0.2, 0.25) is 0 Å². The quantitative estimate of drug-likeness (QED) is 0.763. The number of amides is 3. The standard InChI is InChI=1S/C13H17F2N3O2/c1-3-16-13(20)18-12(19)8(2)17-7-9-4-5-10(14)6-11(9)15/h4-6,8,17H,3,7H2,1-2H3,(H2,16,18,19,20). The molecule has 110 valence electrons. The van der Waals surface area contributed by atoms with E-state index in [4.69, 9.17) is 0 Å². The van der Waals surface area contributed by atoms with E-state index in [-0.39, 0.29) is 12.1 Å². The molecule has 0 spiro atoms. The van der Waals surface area contributed by atoms with Gasteiger partial charge >= 0.3 is 6.03 Å². The summed E-state index contributed by atoms with van der Waals surface area (Å²) in [5.74, 6) is -1.87. The monoisotopic (exact) mass is 285 g/mol. The van der Waals surface area contributed by atoms with Crippen LogP contribution in [0.4, 0.5) is 13.6 Å². The van der Waals surface area contributed by atoms with Crippen molar-refractivity contribution in [1.82, 2.24) is 16.0 Å². The number of urea groups is 1. The number of halogens is 2. The van der Waals surface area contributed by atoms with Crippen molar-refractivity contribution in [3.8, 4) is 0 Å². The molecule has 0 saturated heterocycles. The molecule has 3 amide bonds. The number of rotatable bonds is 5. The van der Waals surface area contributed by atoms with Crippen LogP contribution in [0, 0.1) is 11.6 Å². The van der Waals surface area contributed by atoms with Crippen molar-refractivity contribution in [3.63, 3.8) is 0 Å². The molecular formula is C13H17F2N3O2. The summed E-state index contributed by atoms with van der Waals surface area (Å²) in [4.78, 5) is 22.8. The predicted octanol–water partition coefficient (Wildman–Crippen LogP) is 1.29. The Morgan fingerprint density at radius 3 is 2.60 bits per heavy atom. The molecule has 1 aromatic rings. The van der Waals surface area contributed by atoms with Gasteiger partial charge in [-0.15, -0.1) is 0 Å². The van der Waals surface area contributed by atoms with E-state index < -0.39 is 29.6 Å². The molecule has 0 aliphatic rings. The average Bonchev–Trinajstić information content (AvgIpc) is 2.37. The highest BCUT2D eigenvalue weighted by Crippen LogP contribution is 2.09. The molecule has 1 unspecified atom stereocenters. The molecule has 0 bridgehead atoms. The lowest BCUT2D eigenvalue weighted by atomic mass is 10.2. The number of benzene rings is 1. The fraction of sp³-hybridized carbons (Fsp3) is 0.385. The lowest BCUT2D eigenvalue weighted by molar-refractivity contribution is -0.121. The number of nitrogens with one attached hydrogen (secondary N) is 3. The first-order valence-corrected chi connectivity index (χ1v) is 6.20. The highest BCUT2D eigenvalue weighted by atomic mass is 19.1. The van der Waals surface area contributed by atoms with Crippen LogP contribution in [-0.2, 0) is 11.3 Å². The maximum atomic E-state index is 13.4. The van der Waals surface area contributed by atoms with Gasteiger partial charge in [-0.1, -0.05) is 6.07 Å². The molecule has 0 radical (unpaired) electrons. The fourth-order valence-electron chi connectivity index (χ4n) is 1.45. The Morgan fingerprint density at radius 1 is 1.30 bits per heavy atom. The van der Waals surface area contributed by atoms with Gasteiger partial charge in [-0.2, -0.15) is 0 Å². The molecule has 7 heteroatoms. The summed E-state index contributed by atoms with van der Waals surface area (Å²) in [5, 5.41) is 7.31. The van der Waals surface area contributed by atoms with E-state index >= 15 is 0 Å². The van der Waals surface area contributed by atoms with Crippen molar-refractivity contribution in [3.05, 3.63) is 35.4 Å². The second kappa shape index (κ2) is 7.54. The van der Waals surface area contributed by atoms with Crippen LogP contribution in [-0.4, -0.2) is 24.5 Å². The Bertz CT molecular complexity index is 495. The van der Waals surface area contributed by atoms with Crippen LogP contribution in [0.5, 0.6) is 0 Å². The number of hydrogen-bond acceptors (Lipinski definition) is 3. The van der Waals surface area contributed by atoms with Gasteiger partial charge in [0.15, 0.2) is 0 Å². The van der Waals surface area contributed by atoms with E-state index in [1.165, 1.54) is 13.0 Å². The Hall–Kier alpha value is -2.02. The van der Waals surface area contributed by atoms with E-state index in [0.29, 0.717) is 6.54 Å². The zero-order chi connectivity index (χ0) is 15.1. The number of imide groups is 1. The molecule has 1 aromatic carbocycles. The Balaban J connectivity index is 2.48. The van der Waals surface area contributed by atoms with E-state index in [2.05, 4.69) is 16.0 Å². The van der Waals surface area contributed by atoms with Gasteiger partial charge in [-0.25, -0.2) is 13.6 Å². The van der Waals surface area contributed by atoms with Crippen molar-refractivity contribution in [2.75, 3.05) is 6.54 Å². The second-order valence-corrected chi connectivity index (χ2v) is 4.19. The number of carbonyl (C=O) groups is 2. The third-order valence-electron chi connectivity index (χ3n) is 2.58. The van der Waals surface area contributed by atoms with Crippen molar-refractivity contribution < 1.29 is 18.4 Å². The minimum absolute atomic E-state index is 0.0517. The van der Waals surface area contributed by atoms with Crippen molar-refractivity contribution in [2.45, 2.75) is 26.4 Å². The Kier molecular flexibility index (Phi) is 6.05. The highest BCUT2D eigenvalue weighted by molar-refractivity contribution is 5.96. The van der Waals surface area contributed by atoms with Crippen molar-refractivity contribution >= 4 is 11.9 Å². The van der Waals surface area contributed by atoms with Crippen LogP contribution in [0.1, 0.15) is 19.4 Å². The molecule has 1 atom stereocenters. The normalized spacial score (nSPS) is 11.8. The molecule has 0 aliphatic carbocycles. The van der Waals surface area contributed by atoms with Crippen LogP contribution in [0.15, 0.2) is 18.2 Å². The summed E-state index contributed by atoms with van der Waals surface area (Å²) in [5.41, 5.74) is 0.240. The van der Waals surface area contributed by atoms with Crippen LogP contribution in [0.3, 0.4) is 0 Å². The summed E-state index contributed by atoms with van der Waals surface area (Å²) in [6, 6.07) is 1.93. The topological polar surface area (TPSA) is 70.2 Å². The summed E-state index contributed by atoms with van der Waals surface area (Å²) in [6.45, 7) is 3.72. The molecule has 20 heavy (non-hydrogen) atoms. The summed E-state index contributed by atoms with van der Waals surface area (Å²) in [7, 11) is 0. The maximum absolute atomic E-state index is 13.4. The van der Waals surface area contributed by atoms with Crippen LogP contribution in [0.25, 0.3) is 0 Å². The predicted molar refractivity (Wildman–Crippen MR) is 69.9 cm³/mol. The van der Waals surface area contributed by atoms with Gasteiger partial charge in [0.2, 0.25) is 5.91 Å². The Morgan fingerprint density at radius 2 is 2.00 bits per heavy atom. The smallest absolute Gasteiger partial charge is 0.321 e. The summed E-state index contributed by atoms with van der Waals surface area (Å²) < 4.78 is 26.1. The largest absolute Gasteiger partial charge is 0.338 e. The first-order chi connectivity index (χ1) is 9.43. The number of carbonyl (C=O) groups excluding carboxylic acids is 2. The zero-order valence-corrected chi connectivity index (χ0v) is 11.3. The first-order valence-electron chi connectivity index (χ1n) is 6.20. The summed E-state index contributed by atoms with van der Waals surface area (Å²) >= 11 is 0. The van der Waals surface area contributed by atoms with Crippen LogP contribution < -0.4 is 16.0 Å². The zero-order valence-electron chi connectivity index (χ0n) is 11.3. The van der Waals surface area contributed by atoms with E-state index in [1.807, 2.05) is 0 Å². The molecule has 0 aromatic heterocycles. The molecule has 0 heterocycles. The van der Waals surface area contributed by atoms with Crippen molar-refractivity contribution in [1.29, 1.82) is 0 Å². The van der Waals surface area contributed by atoms with Gasteiger partial charge in [0.05, 0.1) is 6.04 Å². The fourth-order valence-corrected chi connectivity index (χ4v) is 1.45. The molecule has 3 N–H and O–H groups in total. The average molecular weight is 285 g/mol. The SMILES string of the molecule is CCNC(=O)NC(=O)C(C)NCc1ccc(F)cc1F. The van der Waals surface area contributed by atoms with Gasteiger partial charge < -0.3 is 10.6 Å². The minimum atomic E-state index is -0.693. The first kappa shape index (κ1) is 16.0. The van der Waals surface area contributed by atoms with Gasteiger partial charge in [-0.05, 0) is 19.9 Å². The maximum Gasteiger partial charge on any atom is 0.321 e. The van der Waals surface area contributed by atoms with Gasteiger partial charge in [-0.3, -0.25) is 10.1 Å². The second-order valence-electron chi connectivity index (χ2n) is 4.19. The van der Waals surface area contributed by atoms with Gasteiger partial charge in [0.25, 0.3) is 0 Å². The lowest BCUT2D eigenvalue weighted by Gasteiger charge is -2.14. The molecule has 0 saturated carbocycles. The molecule has 5 nitrogen and oxygen atoms in total. The van der Waals surface area contributed by atoms with Crippen molar-refractivity contribution in [2.24, 2.45) is 0 Å². The molecule has 1 rings (SSSR count). The number of hydrogen-bond donors (Lipinski definition) is 3. The third-order valence-corrected chi connectivity index (χ3v) is 2.58. The van der Waals surface area contributed by atoms with Crippen LogP contribution >= 0.6 is 0 Å². The van der Waals surface area contributed by atoms with E-state index in [0.717, 1.165) is 12.1 Å². The molecule has 0 aliphatic heterocycles. The summed E-state index contributed by atoms with van der Waals surface area (Å²) in [6.07, 6.45) is 0. The Labute approximate surface area is 115 Å². The highest BCUT2D eigenvalue weighted by Gasteiger charge is 2.15. The minimum Gasteiger partial charge on any atom is -0.338 e. The lowest BCUT2D eigenvalue weighted by Crippen LogP contribution is -2.47. The van der Waals surface area contributed by atoms with Gasteiger partial charge in [0, 0.05) is 24.7 Å².